The first-order chi connectivity index (χ1) is 13.2. The summed E-state index contributed by atoms with van der Waals surface area (Å²) in [5, 5.41) is 0. The molecule has 4 nitrogen and oxygen atoms in total. The SMILES string of the molecule is CCN(C)C=Nc1cc(C)c(C(=O)OC(c2ccc(C)cc2)C(C)C)cc1C. The first kappa shape index (κ1) is 21.7. The van der Waals surface area contributed by atoms with Gasteiger partial charge in [-0.3, -0.25) is 0 Å². The van der Waals surface area contributed by atoms with E-state index in [0.29, 0.717) is 5.56 Å². The number of benzene rings is 2. The zero-order chi connectivity index (χ0) is 20.8. The summed E-state index contributed by atoms with van der Waals surface area (Å²) in [7, 11) is 1.98. The van der Waals surface area contributed by atoms with E-state index in [2.05, 4.69) is 32.7 Å². The Labute approximate surface area is 169 Å². The summed E-state index contributed by atoms with van der Waals surface area (Å²) >= 11 is 0. The molecule has 0 spiro atoms. The maximum atomic E-state index is 12.9. The van der Waals surface area contributed by atoms with Gasteiger partial charge in [0, 0.05) is 13.6 Å². The number of carbonyl (C=O) groups is 1. The molecule has 0 saturated carbocycles. The third kappa shape index (κ3) is 5.44. The number of nitrogens with zero attached hydrogens (tertiary/aromatic N) is 2. The van der Waals surface area contributed by atoms with E-state index in [-0.39, 0.29) is 18.0 Å². The molecule has 0 heterocycles. The van der Waals surface area contributed by atoms with Crippen molar-refractivity contribution in [2.45, 2.75) is 47.6 Å². The van der Waals surface area contributed by atoms with Crippen LogP contribution in [0.3, 0.4) is 0 Å². The number of ether oxygens (including phenoxy) is 1. The van der Waals surface area contributed by atoms with Gasteiger partial charge in [-0.05, 0) is 62.4 Å². The van der Waals surface area contributed by atoms with E-state index in [1.54, 1.807) is 0 Å². The van der Waals surface area contributed by atoms with Gasteiger partial charge in [0.05, 0.1) is 17.6 Å². The molecule has 0 N–H and O–H groups in total. The Kier molecular flexibility index (Phi) is 7.38. The van der Waals surface area contributed by atoms with Crippen LogP contribution >= 0.6 is 0 Å². The lowest BCUT2D eigenvalue weighted by atomic mass is 9.97. The molecule has 2 aromatic carbocycles. The van der Waals surface area contributed by atoms with Crippen LogP contribution in [0.2, 0.25) is 0 Å². The second-order valence-electron chi connectivity index (χ2n) is 7.75. The minimum absolute atomic E-state index is 0.182. The molecule has 0 aliphatic rings. The molecule has 0 radical (unpaired) electrons. The standard InChI is InChI=1S/C24H32N2O2/c1-8-26(7)15-25-22-14-18(5)21(13-19(22)6)24(27)28-23(16(2)3)20-11-9-17(4)10-12-20/h9-16,23H,8H2,1-7H3. The van der Waals surface area contributed by atoms with Gasteiger partial charge in [0.1, 0.15) is 6.10 Å². The number of aryl methyl sites for hydroxylation is 3. The Balaban J connectivity index is 2.26. The average Bonchev–Trinajstić information content (AvgIpc) is 2.66. The fourth-order valence-electron chi connectivity index (χ4n) is 2.93. The summed E-state index contributed by atoms with van der Waals surface area (Å²) in [5.41, 5.74) is 5.50. The molecule has 1 unspecified atom stereocenters. The van der Waals surface area contributed by atoms with Crippen LogP contribution in [-0.2, 0) is 4.74 Å². The summed E-state index contributed by atoms with van der Waals surface area (Å²) in [6.45, 7) is 13.0. The highest BCUT2D eigenvalue weighted by Crippen LogP contribution is 2.29. The van der Waals surface area contributed by atoms with Gasteiger partial charge in [-0.25, -0.2) is 9.79 Å². The fraction of sp³-hybridized carbons (Fsp3) is 0.417. The summed E-state index contributed by atoms with van der Waals surface area (Å²) in [6.07, 6.45) is 1.54. The Morgan fingerprint density at radius 1 is 1.11 bits per heavy atom. The molecule has 28 heavy (non-hydrogen) atoms. The van der Waals surface area contributed by atoms with Crippen LogP contribution in [0, 0.1) is 26.7 Å². The normalized spacial score (nSPS) is 12.4. The topological polar surface area (TPSA) is 41.9 Å². The van der Waals surface area contributed by atoms with E-state index >= 15 is 0 Å². The first-order valence-corrected chi connectivity index (χ1v) is 9.86. The van der Waals surface area contributed by atoms with Gasteiger partial charge in [0.2, 0.25) is 0 Å². The monoisotopic (exact) mass is 380 g/mol. The van der Waals surface area contributed by atoms with Gasteiger partial charge in [-0.2, -0.15) is 0 Å². The van der Waals surface area contributed by atoms with Crippen LogP contribution in [0.1, 0.15) is 59.5 Å². The summed E-state index contributed by atoms with van der Waals surface area (Å²) in [6, 6.07) is 12.0. The quantitative estimate of drug-likeness (QED) is 0.347. The Morgan fingerprint density at radius 2 is 1.75 bits per heavy atom. The molecule has 0 saturated heterocycles. The lowest BCUT2D eigenvalue weighted by Crippen LogP contribution is -2.17. The highest BCUT2D eigenvalue weighted by Gasteiger charge is 2.23. The molecule has 0 aromatic heterocycles. The minimum Gasteiger partial charge on any atom is -0.454 e. The smallest absolute Gasteiger partial charge is 0.339 e. The van der Waals surface area contributed by atoms with Crippen molar-refractivity contribution in [1.29, 1.82) is 0 Å². The molecule has 1 atom stereocenters. The highest BCUT2D eigenvalue weighted by atomic mass is 16.5. The number of hydrogen-bond acceptors (Lipinski definition) is 3. The van der Waals surface area contributed by atoms with Crippen molar-refractivity contribution < 1.29 is 9.53 Å². The fourth-order valence-corrected chi connectivity index (χ4v) is 2.93. The lowest BCUT2D eigenvalue weighted by molar-refractivity contribution is 0.0175. The average molecular weight is 381 g/mol. The van der Waals surface area contributed by atoms with E-state index < -0.39 is 0 Å². The molecule has 2 rings (SSSR count). The molecule has 0 bridgehead atoms. The van der Waals surface area contributed by atoms with Crippen LogP contribution in [0.15, 0.2) is 41.4 Å². The second kappa shape index (κ2) is 9.54. The van der Waals surface area contributed by atoms with Gasteiger partial charge in [0.15, 0.2) is 0 Å². The predicted octanol–water partition coefficient (Wildman–Crippen LogP) is 5.78. The van der Waals surface area contributed by atoms with E-state index in [0.717, 1.165) is 28.9 Å². The van der Waals surface area contributed by atoms with Crippen molar-refractivity contribution in [1.82, 2.24) is 4.90 Å². The Morgan fingerprint density at radius 3 is 2.32 bits per heavy atom. The van der Waals surface area contributed by atoms with Crippen LogP contribution in [0.5, 0.6) is 0 Å². The molecule has 0 amide bonds. The molecule has 0 aliphatic heterocycles. The van der Waals surface area contributed by atoms with Gasteiger partial charge >= 0.3 is 5.97 Å². The number of aliphatic imine (C=N–C) groups is 1. The third-order valence-electron chi connectivity index (χ3n) is 4.90. The predicted molar refractivity (Wildman–Crippen MR) is 117 cm³/mol. The van der Waals surface area contributed by atoms with Crippen molar-refractivity contribution in [3.63, 3.8) is 0 Å². The maximum absolute atomic E-state index is 12.9. The van der Waals surface area contributed by atoms with Gasteiger partial charge in [-0.1, -0.05) is 43.7 Å². The van der Waals surface area contributed by atoms with Crippen LogP contribution in [0.25, 0.3) is 0 Å². The molecule has 0 aliphatic carbocycles. The molecule has 4 heteroatoms. The van der Waals surface area contributed by atoms with Crippen molar-refractivity contribution in [3.8, 4) is 0 Å². The van der Waals surface area contributed by atoms with Gasteiger partial charge in [-0.15, -0.1) is 0 Å². The van der Waals surface area contributed by atoms with Crippen LogP contribution < -0.4 is 0 Å². The Bertz CT molecular complexity index is 838. The van der Waals surface area contributed by atoms with Crippen molar-refractivity contribution in [2.75, 3.05) is 13.6 Å². The molecule has 2 aromatic rings. The van der Waals surface area contributed by atoms with Crippen LogP contribution in [0.4, 0.5) is 5.69 Å². The minimum atomic E-state index is -0.291. The first-order valence-electron chi connectivity index (χ1n) is 9.86. The number of esters is 1. The number of hydrogen-bond donors (Lipinski definition) is 0. The highest BCUT2D eigenvalue weighted by molar-refractivity contribution is 5.92. The zero-order valence-corrected chi connectivity index (χ0v) is 18.1. The van der Waals surface area contributed by atoms with Crippen LogP contribution in [-0.4, -0.2) is 30.8 Å². The summed E-state index contributed by atoms with van der Waals surface area (Å²) in [5.74, 6) is -0.109. The van der Waals surface area contributed by atoms with E-state index in [1.807, 2.05) is 68.5 Å². The van der Waals surface area contributed by atoms with E-state index in [9.17, 15) is 4.79 Å². The zero-order valence-electron chi connectivity index (χ0n) is 18.1. The lowest BCUT2D eigenvalue weighted by Gasteiger charge is -2.23. The molecule has 0 fully saturated rings. The van der Waals surface area contributed by atoms with Crippen molar-refractivity contribution in [2.24, 2.45) is 10.9 Å². The second-order valence-corrected chi connectivity index (χ2v) is 7.75. The van der Waals surface area contributed by atoms with Gasteiger partial charge in [0.25, 0.3) is 0 Å². The maximum Gasteiger partial charge on any atom is 0.339 e. The number of rotatable bonds is 7. The summed E-state index contributed by atoms with van der Waals surface area (Å²) in [4.78, 5) is 19.5. The molecular formula is C24H32N2O2. The number of carbonyl (C=O) groups excluding carboxylic acids is 1. The largest absolute Gasteiger partial charge is 0.454 e. The molecule has 150 valence electrons. The van der Waals surface area contributed by atoms with E-state index in [4.69, 9.17) is 4.74 Å². The van der Waals surface area contributed by atoms with Crippen molar-refractivity contribution >= 4 is 18.0 Å². The van der Waals surface area contributed by atoms with Gasteiger partial charge < -0.3 is 9.64 Å². The Hall–Kier alpha value is -2.62. The van der Waals surface area contributed by atoms with E-state index in [1.165, 1.54) is 5.56 Å². The van der Waals surface area contributed by atoms with Crippen molar-refractivity contribution in [3.05, 3.63) is 64.2 Å². The third-order valence-corrected chi connectivity index (χ3v) is 4.90. The summed E-state index contributed by atoms with van der Waals surface area (Å²) < 4.78 is 5.93. The molecular weight excluding hydrogens is 348 g/mol.